The number of amides is 7. The number of hydrogen-bond donors (Lipinski definition) is 14. The lowest BCUT2D eigenvalue weighted by atomic mass is 9.82. The molecule has 568 valence electrons. The number of phenols is 1. The van der Waals surface area contributed by atoms with Crippen LogP contribution in [0.5, 0.6) is 11.5 Å². The molecular formula is C69H96N14O19S2. The molecule has 4 aromatic rings. The van der Waals surface area contributed by atoms with Crippen LogP contribution in [0.15, 0.2) is 54.9 Å². The maximum atomic E-state index is 15.1. The molecule has 2 aromatic carbocycles. The molecule has 7 heterocycles. The number of nitrogens with one attached hydrogen (secondary N) is 6. The Morgan fingerprint density at radius 1 is 0.712 bits per heavy atom. The molecule has 7 fully saturated rings. The Morgan fingerprint density at radius 3 is 2.05 bits per heavy atom. The maximum absolute atomic E-state index is 15.1. The van der Waals surface area contributed by atoms with Crippen molar-refractivity contribution in [3.05, 3.63) is 65.4 Å². The highest BCUT2D eigenvalue weighted by molar-refractivity contribution is 7.81. The number of aromatic nitrogens is 4. The van der Waals surface area contributed by atoms with Gasteiger partial charge in [0.05, 0.1) is 61.3 Å². The van der Waals surface area contributed by atoms with Crippen LogP contribution in [0.1, 0.15) is 120 Å². The Bertz CT molecular complexity index is 3760. The lowest BCUT2D eigenvalue weighted by molar-refractivity contribution is -0.148. The summed E-state index contributed by atoms with van der Waals surface area (Å²) >= 11 is 1.52. The molecule has 7 amide bonds. The predicted octanol–water partition coefficient (Wildman–Crippen LogP) is -1.23. The van der Waals surface area contributed by atoms with Crippen molar-refractivity contribution in [2.24, 2.45) is 11.8 Å². The number of piperidine rings is 1. The highest BCUT2D eigenvalue weighted by Crippen LogP contribution is 2.40. The minimum absolute atomic E-state index is 0.0189. The van der Waals surface area contributed by atoms with Gasteiger partial charge in [-0.05, 0) is 100 Å². The number of aromatic hydroxyl groups is 1. The van der Waals surface area contributed by atoms with Crippen molar-refractivity contribution in [3.63, 3.8) is 0 Å². The van der Waals surface area contributed by atoms with Crippen molar-refractivity contribution in [2.45, 2.75) is 201 Å². The van der Waals surface area contributed by atoms with Crippen LogP contribution in [0.2, 0.25) is 0 Å². The van der Waals surface area contributed by atoms with Crippen LogP contribution in [-0.4, -0.2) is 275 Å². The summed E-state index contributed by atoms with van der Waals surface area (Å²) in [5.74, 6) is -9.15. The van der Waals surface area contributed by atoms with Gasteiger partial charge in [-0.2, -0.15) is 8.42 Å². The van der Waals surface area contributed by atoms with E-state index in [-0.39, 0.29) is 49.7 Å². The Labute approximate surface area is 606 Å². The Balaban J connectivity index is 0.785. The van der Waals surface area contributed by atoms with Gasteiger partial charge in [0, 0.05) is 107 Å². The SMILES string of the molecule is C[C@@H](O)[C@@H]1NC(=O)[C@@H](NCC2CCC(c3nnc(-c4ccc(-c5cnc(N6CCC(OC7CCCCC7)CC6)nc5)cc4)s3)CC2)C[C@@H](O)CNC(=O)[C@@H]2[C@@H](O)[C@@H](C)CN2C(=O)[C@H]([C@H](O)CC(=O)N2CCNCC2)NC(=O)[C@H]([C@H](O)Cc2ccc(O)c(OS(=O)(=O)O)c2)NC(=O)[C@@H]2C[C@@H](O)CN2C1=O. The summed E-state index contributed by atoms with van der Waals surface area (Å²) in [5, 5.41) is 107. The number of phenolic OH excluding ortho intramolecular Hbond substituents is 1. The number of benzene rings is 2. The smallest absolute Gasteiger partial charge is 0.446 e. The van der Waals surface area contributed by atoms with Crippen molar-refractivity contribution >= 4 is 69.0 Å². The quantitative estimate of drug-likeness (QED) is 0.0519. The van der Waals surface area contributed by atoms with E-state index in [1.165, 1.54) is 49.3 Å². The van der Waals surface area contributed by atoms with Crippen LogP contribution in [0, 0.1) is 11.8 Å². The second-order valence-electron chi connectivity index (χ2n) is 28.7. The first-order valence-corrected chi connectivity index (χ1v) is 38.2. The van der Waals surface area contributed by atoms with Gasteiger partial charge in [0.1, 0.15) is 40.2 Å². The normalized spacial score (nSPS) is 28.8. The largest absolute Gasteiger partial charge is 0.504 e. The number of piperazine rings is 1. The van der Waals surface area contributed by atoms with Gasteiger partial charge in [-0.15, -0.1) is 10.2 Å². The monoisotopic (exact) mass is 1490 g/mol. The van der Waals surface area contributed by atoms with E-state index in [9.17, 15) is 77.5 Å². The van der Waals surface area contributed by atoms with Crippen molar-refractivity contribution in [3.8, 4) is 33.2 Å². The van der Waals surface area contributed by atoms with Gasteiger partial charge in [-0.3, -0.25) is 38.1 Å². The Morgan fingerprint density at radius 2 is 1.37 bits per heavy atom. The minimum Gasteiger partial charge on any atom is -0.504 e. The van der Waals surface area contributed by atoms with Gasteiger partial charge in [-0.1, -0.05) is 67.9 Å². The third-order valence-electron chi connectivity index (χ3n) is 21.0. The van der Waals surface area contributed by atoms with Gasteiger partial charge >= 0.3 is 10.4 Å². The van der Waals surface area contributed by atoms with E-state index in [2.05, 4.69) is 51.2 Å². The molecule has 14 N–H and O–H groups in total. The van der Waals surface area contributed by atoms with Gasteiger partial charge in [0.25, 0.3) is 0 Å². The molecule has 11 rings (SSSR count). The molecule has 0 spiro atoms. The van der Waals surface area contributed by atoms with E-state index >= 15 is 4.79 Å². The summed E-state index contributed by atoms with van der Waals surface area (Å²) in [4.78, 5) is 117. The zero-order valence-corrected chi connectivity index (χ0v) is 59.8. The molecule has 7 aliphatic rings. The molecule has 33 nitrogen and oxygen atoms in total. The molecule has 0 bridgehead atoms. The zero-order valence-electron chi connectivity index (χ0n) is 58.2. The number of anilines is 1. The number of nitrogens with zero attached hydrogens (tertiary/aromatic N) is 8. The van der Waals surface area contributed by atoms with Crippen LogP contribution in [0.25, 0.3) is 21.7 Å². The van der Waals surface area contributed by atoms with Crippen molar-refractivity contribution < 1.29 is 91.2 Å². The summed E-state index contributed by atoms with van der Waals surface area (Å²) < 4.78 is 43.7. The van der Waals surface area contributed by atoms with Gasteiger partial charge in [-0.25, -0.2) is 9.97 Å². The third-order valence-corrected chi connectivity index (χ3v) is 22.5. The van der Waals surface area contributed by atoms with Gasteiger partial charge in [0.2, 0.25) is 47.3 Å². The third kappa shape index (κ3) is 19.5. The first kappa shape index (κ1) is 77.4. The highest BCUT2D eigenvalue weighted by atomic mass is 32.3. The van der Waals surface area contributed by atoms with E-state index in [4.69, 9.17) is 14.7 Å². The molecule has 5 saturated heterocycles. The summed E-state index contributed by atoms with van der Waals surface area (Å²) in [6.45, 7) is 4.34. The lowest BCUT2D eigenvalue weighted by Crippen LogP contribution is -2.64. The second-order valence-corrected chi connectivity index (χ2v) is 30.7. The number of rotatable bonds is 18. The van der Waals surface area contributed by atoms with E-state index in [0.29, 0.717) is 38.0 Å². The predicted molar refractivity (Wildman–Crippen MR) is 374 cm³/mol. The van der Waals surface area contributed by atoms with E-state index < -0.39 is 181 Å². The number of carbonyl (C=O) groups is 7. The number of aliphatic hydroxyl groups excluding tert-OH is 6. The second kappa shape index (κ2) is 34.7. The fourth-order valence-electron chi connectivity index (χ4n) is 15.1. The van der Waals surface area contributed by atoms with Gasteiger partial charge < -0.3 is 96.2 Å². The number of fused-ring (bicyclic) bond motifs is 2. The highest BCUT2D eigenvalue weighted by Gasteiger charge is 2.50. The van der Waals surface area contributed by atoms with E-state index in [1.54, 1.807) is 0 Å². The molecule has 0 radical (unpaired) electrons. The molecule has 104 heavy (non-hydrogen) atoms. The molecular weight excluding hydrogens is 1390 g/mol. The molecule has 2 aromatic heterocycles. The summed E-state index contributed by atoms with van der Waals surface area (Å²) in [6.07, 6.45) is 2.31. The van der Waals surface area contributed by atoms with Crippen molar-refractivity contribution in [1.82, 2.24) is 66.8 Å². The first-order valence-electron chi connectivity index (χ1n) is 36.0. The summed E-state index contributed by atoms with van der Waals surface area (Å²) in [6, 6.07) is -0.0642. The standard InChI is InChI=1S/C69H96N14O19S2/c1-37-35-83-59(60(37)91)64(95)72-34-45(85)28-49(71-31-39-8-11-42(12-9-39)65-78-79-66(103-65)43-15-13-41(14-16-43)44-32-73-69(74-33-44)81-22-18-48(19-23-81)101-47-6-4-3-5-7-47)61(92)75-56(38(2)84)67(96)82-36-46(86)29-50(82)62(93)76-57(52(88)26-40-10-17-51(87)54(27-40)102-104(98,99)100)63(94)77-58(68(83)97)53(89)30-55(90)80-24-20-70-21-25-80/h10,13-17,27,32-33,37-39,42,45-50,52-53,56-60,70-71,84-89,91H,3-9,11-12,18-26,28-31,34-36H2,1-2H3,(H,72,95)(H,75,92)(H,76,93)(H,77,94)(H,98,99,100)/t37-,38+,39?,42?,45+,46+,49-,50-,52+,53+,56-,57-,58-,59-,60-/m0/s1. The van der Waals surface area contributed by atoms with E-state index in [0.717, 1.165) is 106 Å². The Kier molecular flexibility index (Phi) is 25.8. The fourth-order valence-corrected chi connectivity index (χ4v) is 16.5. The number of β-amino-alcohol motifs (C(OH)–C–C–N with tert-alkyl or cyclic N) is 1. The first-order chi connectivity index (χ1) is 49.7. The zero-order chi connectivity index (χ0) is 74.1. The molecule has 35 heteroatoms. The Hall–Kier alpha value is -7.68. The summed E-state index contributed by atoms with van der Waals surface area (Å²) in [7, 11) is -5.23. The van der Waals surface area contributed by atoms with Crippen molar-refractivity contribution in [2.75, 3.05) is 70.3 Å². The topological polar surface area (TPSA) is 471 Å². The van der Waals surface area contributed by atoms with Crippen LogP contribution >= 0.6 is 11.3 Å². The number of hydrogen-bond acceptors (Lipinski definition) is 26. The number of carbonyl (C=O) groups excluding carboxylic acids is 7. The van der Waals surface area contributed by atoms with Crippen LogP contribution in [-0.2, 0) is 55.1 Å². The summed E-state index contributed by atoms with van der Waals surface area (Å²) in [5.41, 5.74) is 2.66. The van der Waals surface area contributed by atoms with Crippen LogP contribution in [0.3, 0.4) is 0 Å². The molecule has 0 unspecified atom stereocenters. The average Bonchev–Trinajstić information content (AvgIpc) is 1.65. The molecule has 13 atom stereocenters. The fraction of sp³-hybridized carbons (Fsp3) is 0.638. The number of ether oxygens (including phenoxy) is 1. The van der Waals surface area contributed by atoms with E-state index in [1.807, 2.05) is 36.7 Å². The van der Waals surface area contributed by atoms with Crippen LogP contribution in [0.4, 0.5) is 5.95 Å². The molecule has 2 saturated carbocycles. The minimum atomic E-state index is -5.23. The molecule has 5 aliphatic heterocycles. The van der Waals surface area contributed by atoms with Crippen LogP contribution < -0.4 is 41.0 Å². The average molecular weight is 1490 g/mol. The van der Waals surface area contributed by atoms with Gasteiger partial charge in [0.15, 0.2) is 11.5 Å². The number of aliphatic hydroxyl groups is 6. The molecule has 2 aliphatic carbocycles. The maximum Gasteiger partial charge on any atom is 0.446 e. The lowest BCUT2D eigenvalue weighted by Gasteiger charge is -2.34. The van der Waals surface area contributed by atoms with Crippen molar-refractivity contribution in [1.29, 1.82) is 0 Å².